The maximum absolute atomic E-state index is 11.0. The van der Waals surface area contributed by atoms with E-state index < -0.39 is 4.92 Å². The lowest BCUT2D eigenvalue weighted by molar-refractivity contribution is -0.384. The van der Waals surface area contributed by atoms with Gasteiger partial charge in [-0.2, -0.15) is 5.26 Å². The Hall–Kier alpha value is -2.13. The molecule has 0 aliphatic heterocycles. The quantitative estimate of drug-likeness (QED) is 0.490. The molecule has 0 aromatic heterocycles. The Morgan fingerprint density at radius 2 is 2.20 bits per heavy atom. The minimum absolute atomic E-state index is 0.0788. The van der Waals surface area contributed by atoms with Gasteiger partial charge in [-0.25, -0.2) is 0 Å². The molecule has 0 saturated heterocycles. The molecular formula is C14H17N3O3. The number of anilines is 1. The summed E-state index contributed by atoms with van der Waals surface area (Å²) < 4.78 is 5.69. The standard InChI is InChI=1S/C14H17N3O3/c15-10-11-5-6-13(14(9-11)17(18)19)16-7-8-20-12-3-1-2-4-12/h5-6,9,12,16H,1-4,7-8H2. The van der Waals surface area contributed by atoms with Crippen LogP contribution in [0.5, 0.6) is 0 Å². The van der Waals surface area contributed by atoms with Crippen molar-refractivity contribution in [2.75, 3.05) is 18.5 Å². The fourth-order valence-corrected chi connectivity index (χ4v) is 2.37. The Kier molecular flexibility index (Phi) is 4.91. The fraction of sp³-hybridized carbons (Fsp3) is 0.500. The normalized spacial score (nSPS) is 14.9. The number of nitrogens with one attached hydrogen (secondary N) is 1. The van der Waals surface area contributed by atoms with E-state index in [2.05, 4.69) is 5.32 Å². The van der Waals surface area contributed by atoms with Crippen molar-refractivity contribution < 1.29 is 9.66 Å². The molecule has 0 unspecified atom stereocenters. The lowest BCUT2D eigenvalue weighted by Crippen LogP contribution is -2.15. The van der Waals surface area contributed by atoms with Gasteiger partial charge in [0.15, 0.2) is 0 Å². The number of hydrogen-bond donors (Lipinski definition) is 1. The van der Waals surface area contributed by atoms with Crippen molar-refractivity contribution in [3.63, 3.8) is 0 Å². The number of rotatable bonds is 6. The first-order chi connectivity index (χ1) is 9.70. The molecule has 0 spiro atoms. The Labute approximate surface area is 117 Å². The highest BCUT2D eigenvalue weighted by molar-refractivity contribution is 5.63. The third-order valence-corrected chi connectivity index (χ3v) is 3.40. The summed E-state index contributed by atoms with van der Waals surface area (Å²) in [5.41, 5.74) is 0.624. The largest absolute Gasteiger partial charge is 0.377 e. The average Bonchev–Trinajstić information content (AvgIpc) is 2.96. The third-order valence-electron chi connectivity index (χ3n) is 3.40. The zero-order valence-electron chi connectivity index (χ0n) is 11.2. The molecule has 1 N–H and O–H groups in total. The van der Waals surface area contributed by atoms with Crippen LogP contribution in [0.3, 0.4) is 0 Å². The highest BCUT2D eigenvalue weighted by Gasteiger charge is 2.16. The van der Waals surface area contributed by atoms with Gasteiger partial charge < -0.3 is 10.1 Å². The molecule has 0 radical (unpaired) electrons. The molecule has 1 aliphatic carbocycles. The molecule has 2 rings (SSSR count). The summed E-state index contributed by atoms with van der Waals surface area (Å²) in [6, 6.07) is 6.30. The van der Waals surface area contributed by atoms with Gasteiger partial charge in [-0.05, 0) is 25.0 Å². The zero-order valence-corrected chi connectivity index (χ0v) is 11.2. The average molecular weight is 275 g/mol. The van der Waals surface area contributed by atoms with E-state index in [1.807, 2.05) is 6.07 Å². The Morgan fingerprint density at radius 3 is 2.85 bits per heavy atom. The van der Waals surface area contributed by atoms with E-state index in [4.69, 9.17) is 10.00 Å². The maximum atomic E-state index is 11.0. The summed E-state index contributed by atoms with van der Waals surface area (Å²) in [7, 11) is 0. The van der Waals surface area contributed by atoms with Gasteiger partial charge in [-0.1, -0.05) is 12.8 Å². The second-order valence-corrected chi connectivity index (χ2v) is 4.80. The van der Waals surface area contributed by atoms with Crippen molar-refractivity contribution in [3.8, 4) is 6.07 Å². The zero-order chi connectivity index (χ0) is 14.4. The van der Waals surface area contributed by atoms with Crippen LogP contribution in [0, 0.1) is 21.4 Å². The van der Waals surface area contributed by atoms with Crippen LogP contribution in [-0.2, 0) is 4.74 Å². The van der Waals surface area contributed by atoms with Crippen LogP contribution < -0.4 is 5.32 Å². The number of nitro benzene ring substituents is 1. The molecule has 1 aromatic rings. The second kappa shape index (κ2) is 6.87. The Balaban J connectivity index is 1.88. The molecule has 0 atom stereocenters. The molecule has 0 heterocycles. The van der Waals surface area contributed by atoms with Crippen molar-refractivity contribution in [1.82, 2.24) is 0 Å². The van der Waals surface area contributed by atoms with E-state index in [1.54, 1.807) is 12.1 Å². The van der Waals surface area contributed by atoms with Gasteiger partial charge in [0.25, 0.3) is 5.69 Å². The molecule has 1 saturated carbocycles. The lowest BCUT2D eigenvalue weighted by atomic mass is 10.2. The molecular weight excluding hydrogens is 258 g/mol. The monoisotopic (exact) mass is 275 g/mol. The van der Waals surface area contributed by atoms with Gasteiger partial charge in [0.05, 0.1) is 29.3 Å². The van der Waals surface area contributed by atoms with Crippen LogP contribution in [0.1, 0.15) is 31.2 Å². The van der Waals surface area contributed by atoms with E-state index in [0.29, 0.717) is 24.9 Å². The summed E-state index contributed by atoms with van der Waals surface area (Å²) in [5, 5.41) is 22.7. The Morgan fingerprint density at radius 1 is 1.45 bits per heavy atom. The van der Waals surface area contributed by atoms with Gasteiger partial charge in [0.1, 0.15) is 5.69 Å². The first-order valence-electron chi connectivity index (χ1n) is 6.74. The number of nitrogens with zero attached hydrogens (tertiary/aromatic N) is 2. The van der Waals surface area contributed by atoms with E-state index in [-0.39, 0.29) is 11.3 Å². The van der Waals surface area contributed by atoms with Gasteiger partial charge in [-0.15, -0.1) is 0 Å². The van der Waals surface area contributed by atoms with Crippen molar-refractivity contribution in [2.24, 2.45) is 0 Å². The minimum Gasteiger partial charge on any atom is -0.377 e. The highest BCUT2D eigenvalue weighted by Crippen LogP contribution is 2.25. The SMILES string of the molecule is N#Cc1ccc(NCCOC2CCCC2)c([N+](=O)[O-])c1. The minimum atomic E-state index is -0.485. The van der Waals surface area contributed by atoms with Crippen molar-refractivity contribution >= 4 is 11.4 Å². The van der Waals surface area contributed by atoms with E-state index in [0.717, 1.165) is 12.8 Å². The van der Waals surface area contributed by atoms with Crippen molar-refractivity contribution in [2.45, 2.75) is 31.8 Å². The third kappa shape index (κ3) is 3.68. The Bertz CT molecular complexity index is 519. The number of hydrogen-bond acceptors (Lipinski definition) is 5. The van der Waals surface area contributed by atoms with Crippen molar-refractivity contribution in [1.29, 1.82) is 5.26 Å². The molecule has 6 nitrogen and oxygen atoms in total. The number of nitro groups is 1. The van der Waals surface area contributed by atoms with E-state index in [9.17, 15) is 10.1 Å². The summed E-state index contributed by atoms with van der Waals surface area (Å²) in [4.78, 5) is 10.5. The second-order valence-electron chi connectivity index (χ2n) is 4.80. The molecule has 106 valence electrons. The molecule has 1 fully saturated rings. The van der Waals surface area contributed by atoms with Gasteiger partial charge in [0.2, 0.25) is 0 Å². The predicted molar refractivity (Wildman–Crippen MR) is 74.5 cm³/mol. The first-order valence-corrected chi connectivity index (χ1v) is 6.74. The highest BCUT2D eigenvalue weighted by atomic mass is 16.6. The molecule has 0 amide bonds. The van der Waals surface area contributed by atoms with Gasteiger partial charge >= 0.3 is 0 Å². The number of ether oxygens (including phenoxy) is 1. The summed E-state index contributed by atoms with van der Waals surface area (Å²) in [6.45, 7) is 1.05. The molecule has 1 aliphatic rings. The predicted octanol–water partition coefficient (Wildman–Crippen LogP) is 2.84. The van der Waals surface area contributed by atoms with Gasteiger partial charge in [0, 0.05) is 12.6 Å². The fourth-order valence-electron chi connectivity index (χ4n) is 2.37. The van der Waals surface area contributed by atoms with Crippen LogP contribution in [0.25, 0.3) is 0 Å². The van der Waals surface area contributed by atoms with E-state index >= 15 is 0 Å². The lowest BCUT2D eigenvalue weighted by Gasteiger charge is -2.12. The molecule has 0 bridgehead atoms. The summed E-state index contributed by atoms with van der Waals surface area (Å²) >= 11 is 0. The first kappa shape index (κ1) is 14.3. The van der Waals surface area contributed by atoms with Crippen molar-refractivity contribution in [3.05, 3.63) is 33.9 Å². The summed E-state index contributed by atoms with van der Waals surface area (Å²) in [6.07, 6.45) is 5.00. The van der Waals surface area contributed by atoms with Crippen LogP contribution in [0.4, 0.5) is 11.4 Å². The van der Waals surface area contributed by atoms with Crippen LogP contribution in [0.15, 0.2) is 18.2 Å². The van der Waals surface area contributed by atoms with Gasteiger partial charge in [-0.3, -0.25) is 10.1 Å². The maximum Gasteiger partial charge on any atom is 0.293 e. The number of benzene rings is 1. The van der Waals surface area contributed by atoms with Crippen LogP contribution >= 0.6 is 0 Å². The summed E-state index contributed by atoms with van der Waals surface area (Å²) in [5.74, 6) is 0. The smallest absolute Gasteiger partial charge is 0.293 e. The topological polar surface area (TPSA) is 88.2 Å². The molecule has 20 heavy (non-hydrogen) atoms. The van der Waals surface area contributed by atoms with E-state index in [1.165, 1.54) is 18.9 Å². The molecule has 1 aromatic carbocycles. The number of nitriles is 1. The molecule has 6 heteroatoms. The van der Waals surface area contributed by atoms with Crippen LogP contribution in [-0.4, -0.2) is 24.2 Å². The van der Waals surface area contributed by atoms with Crippen LogP contribution in [0.2, 0.25) is 0 Å².